The first kappa shape index (κ1) is 24.9. The van der Waals surface area contributed by atoms with E-state index in [0.717, 1.165) is 106 Å². The highest BCUT2D eigenvalue weighted by molar-refractivity contribution is 5.79. The van der Waals surface area contributed by atoms with Crippen molar-refractivity contribution in [3.8, 4) is 5.75 Å². The van der Waals surface area contributed by atoms with Crippen LogP contribution < -0.4 is 4.74 Å². The van der Waals surface area contributed by atoms with Gasteiger partial charge in [-0.05, 0) is 99.8 Å². The predicted molar refractivity (Wildman–Crippen MR) is 133 cm³/mol. The number of rotatable bonds is 8. The van der Waals surface area contributed by atoms with Crippen LogP contribution in [0.1, 0.15) is 70.4 Å². The Balaban J connectivity index is 0.00000274. The lowest BCUT2D eigenvalue weighted by Gasteiger charge is -2.32. The highest BCUT2D eigenvalue weighted by atomic mass is 16.6. The van der Waals surface area contributed by atoms with Gasteiger partial charge in [-0.3, -0.25) is 4.79 Å². The van der Waals surface area contributed by atoms with Crippen molar-refractivity contribution < 1.29 is 19.1 Å². The molecule has 1 aromatic carbocycles. The normalized spacial score (nSPS) is 25.1. The summed E-state index contributed by atoms with van der Waals surface area (Å²) >= 11 is 0. The van der Waals surface area contributed by atoms with Crippen LogP contribution in [0.2, 0.25) is 0 Å². The van der Waals surface area contributed by atoms with E-state index < -0.39 is 0 Å². The van der Waals surface area contributed by atoms with Gasteiger partial charge in [0.05, 0.1) is 13.0 Å². The van der Waals surface area contributed by atoms with Crippen LogP contribution in [0.4, 0.5) is 4.79 Å². The van der Waals surface area contributed by atoms with Crippen molar-refractivity contribution in [3.63, 3.8) is 0 Å². The molecule has 4 aliphatic rings. The van der Waals surface area contributed by atoms with E-state index in [1.54, 1.807) is 0 Å². The molecule has 2 saturated carbocycles. The summed E-state index contributed by atoms with van der Waals surface area (Å²) in [5.41, 5.74) is 2.05. The van der Waals surface area contributed by atoms with E-state index in [0.29, 0.717) is 6.42 Å². The van der Waals surface area contributed by atoms with Gasteiger partial charge in [-0.1, -0.05) is 13.5 Å². The van der Waals surface area contributed by atoms with E-state index in [1.807, 2.05) is 28.9 Å². The summed E-state index contributed by atoms with van der Waals surface area (Å²) in [6.45, 7) is 8.33. The smallest absolute Gasteiger partial charge is 0.410 e. The largest absolute Gasteiger partial charge is 0.494 e. The zero-order valence-corrected chi connectivity index (χ0v) is 20.2. The van der Waals surface area contributed by atoms with Gasteiger partial charge in [-0.2, -0.15) is 0 Å². The first-order valence-corrected chi connectivity index (χ1v) is 12.9. The molecule has 1 aromatic rings. The first-order valence-electron chi connectivity index (χ1n) is 12.9. The Morgan fingerprint density at radius 3 is 2.44 bits per heavy atom. The average molecular weight is 471 g/mol. The molecule has 0 aromatic heterocycles. The van der Waals surface area contributed by atoms with Crippen molar-refractivity contribution in [2.24, 2.45) is 17.8 Å². The van der Waals surface area contributed by atoms with E-state index in [-0.39, 0.29) is 25.0 Å². The lowest BCUT2D eigenvalue weighted by atomic mass is 9.91. The quantitative estimate of drug-likeness (QED) is 0.523. The van der Waals surface area contributed by atoms with E-state index in [4.69, 9.17) is 9.47 Å². The summed E-state index contributed by atoms with van der Waals surface area (Å²) in [4.78, 5) is 28.4. The van der Waals surface area contributed by atoms with Crippen LogP contribution in [0.5, 0.6) is 5.75 Å². The standard InChI is InChI=1S/C27H38N2O4.CH4/c1-19-16-23(5-4-21(19)18-25(30)28-11-3-12-28)32-15-8-22-17-24(22)20-6-13-29(14-7-20)26(31)33-27(2)9-10-27;/h4-5,16,20,22,24H,3,6-15,17-18H2,1-2H3;1H4/t22-,24-;/m1./s1. The van der Waals surface area contributed by atoms with Crippen LogP contribution >= 0.6 is 0 Å². The summed E-state index contributed by atoms with van der Waals surface area (Å²) in [6, 6.07) is 6.12. The lowest BCUT2D eigenvalue weighted by Crippen LogP contribution is -2.42. The Hall–Kier alpha value is -2.24. The number of amides is 2. The Labute approximate surface area is 205 Å². The van der Waals surface area contributed by atoms with Gasteiger partial charge in [0.25, 0.3) is 0 Å². The van der Waals surface area contributed by atoms with Gasteiger partial charge in [0, 0.05) is 26.2 Å². The molecular formula is C28H42N2O4. The molecule has 0 unspecified atom stereocenters. The molecule has 2 atom stereocenters. The maximum absolute atomic E-state index is 12.3. The molecule has 0 radical (unpaired) electrons. The molecule has 34 heavy (non-hydrogen) atoms. The molecule has 2 amide bonds. The Kier molecular flexibility index (Phi) is 7.44. The summed E-state index contributed by atoms with van der Waals surface area (Å²) in [5.74, 6) is 3.43. The lowest BCUT2D eigenvalue weighted by molar-refractivity contribution is -0.133. The molecule has 0 spiro atoms. The molecule has 4 fully saturated rings. The SMILES string of the molecule is C.Cc1cc(OCC[C@@H]2C[C@@H]2C2CCN(C(=O)OC3(C)CC3)CC2)ccc1CC(=O)N1CCC1. The number of aryl methyl sites for hydroxylation is 1. The monoisotopic (exact) mass is 470 g/mol. The predicted octanol–water partition coefficient (Wildman–Crippen LogP) is 5.21. The number of benzene rings is 1. The van der Waals surface area contributed by atoms with Gasteiger partial charge < -0.3 is 19.3 Å². The van der Waals surface area contributed by atoms with Crippen molar-refractivity contribution >= 4 is 12.0 Å². The molecule has 2 heterocycles. The Bertz CT molecular complexity index is 884. The van der Waals surface area contributed by atoms with Crippen molar-refractivity contribution in [3.05, 3.63) is 29.3 Å². The number of carbonyl (C=O) groups excluding carboxylic acids is 2. The minimum Gasteiger partial charge on any atom is -0.494 e. The van der Waals surface area contributed by atoms with Crippen molar-refractivity contribution in [2.75, 3.05) is 32.8 Å². The number of hydrogen-bond donors (Lipinski definition) is 0. The van der Waals surface area contributed by atoms with Crippen LogP contribution in [0.3, 0.4) is 0 Å². The zero-order valence-electron chi connectivity index (χ0n) is 20.2. The fourth-order valence-electron chi connectivity index (χ4n) is 5.37. The second kappa shape index (κ2) is 10.2. The van der Waals surface area contributed by atoms with Crippen molar-refractivity contribution in [1.82, 2.24) is 9.80 Å². The number of piperidine rings is 1. The minimum absolute atomic E-state index is 0. The highest BCUT2D eigenvalue weighted by Gasteiger charge is 2.45. The topological polar surface area (TPSA) is 59.1 Å². The molecule has 0 bridgehead atoms. The van der Waals surface area contributed by atoms with Gasteiger partial charge in [-0.15, -0.1) is 0 Å². The molecular weight excluding hydrogens is 428 g/mol. The van der Waals surface area contributed by atoms with Crippen LogP contribution in [0, 0.1) is 24.7 Å². The summed E-state index contributed by atoms with van der Waals surface area (Å²) < 4.78 is 11.7. The molecule has 5 rings (SSSR count). The fraction of sp³-hybridized carbons (Fsp3) is 0.714. The fourth-order valence-corrected chi connectivity index (χ4v) is 5.37. The van der Waals surface area contributed by atoms with E-state index >= 15 is 0 Å². The third-order valence-corrected chi connectivity index (χ3v) is 8.29. The second-order valence-corrected chi connectivity index (χ2v) is 10.9. The third-order valence-electron chi connectivity index (χ3n) is 8.29. The molecule has 6 heteroatoms. The molecule has 2 aliphatic carbocycles. The zero-order chi connectivity index (χ0) is 23.0. The summed E-state index contributed by atoms with van der Waals surface area (Å²) in [7, 11) is 0. The van der Waals surface area contributed by atoms with Gasteiger partial charge >= 0.3 is 6.09 Å². The molecule has 2 saturated heterocycles. The van der Waals surface area contributed by atoms with Crippen LogP contribution in [0.15, 0.2) is 18.2 Å². The second-order valence-electron chi connectivity index (χ2n) is 10.9. The molecule has 0 N–H and O–H groups in total. The van der Waals surface area contributed by atoms with Gasteiger partial charge in [0.2, 0.25) is 5.91 Å². The minimum atomic E-state index is -0.181. The number of nitrogens with zero attached hydrogens (tertiary/aromatic N) is 2. The Morgan fingerprint density at radius 1 is 1.09 bits per heavy atom. The van der Waals surface area contributed by atoms with Crippen molar-refractivity contribution in [1.29, 1.82) is 0 Å². The van der Waals surface area contributed by atoms with Crippen LogP contribution in [0.25, 0.3) is 0 Å². The van der Waals surface area contributed by atoms with Crippen LogP contribution in [-0.2, 0) is 16.0 Å². The van der Waals surface area contributed by atoms with Gasteiger partial charge in [-0.25, -0.2) is 4.79 Å². The van der Waals surface area contributed by atoms with E-state index in [2.05, 4.69) is 13.0 Å². The van der Waals surface area contributed by atoms with Crippen molar-refractivity contribution in [2.45, 2.75) is 78.2 Å². The average Bonchev–Trinajstić information content (AvgIpc) is 3.67. The van der Waals surface area contributed by atoms with Gasteiger partial charge in [0.15, 0.2) is 0 Å². The number of carbonyl (C=O) groups is 2. The number of hydrogen-bond acceptors (Lipinski definition) is 4. The first-order chi connectivity index (χ1) is 15.9. The van der Waals surface area contributed by atoms with Gasteiger partial charge in [0.1, 0.15) is 11.4 Å². The van der Waals surface area contributed by atoms with E-state index in [1.165, 1.54) is 6.42 Å². The maximum Gasteiger partial charge on any atom is 0.410 e. The Morgan fingerprint density at radius 2 is 1.82 bits per heavy atom. The molecule has 2 aliphatic heterocycles. The summed E-state index contributed by atoms with van der Waals surface area (Å²) in [6.07, 6.45) is 8.12. The van der Waals surface area contributed by atoms with Crippen LogP contribution in [-0.4, -0.2) is 60.2 Å². The third kappa shape index (κ3) is 5.87. The summed E-state index contributed by atoms with van der Waals surface area (Å²) in [5, 5.41) is 0. The maximum atomic E-state index is 12.3. The molecule has 6 nitrogen and oxygen atoms in total. The highest BCUT2D eigenvalue weighted by Crippen LogP contribution is 2.50. The number of ether oxygens (including phenoxy) is 2. The molecule has 188 valence electrons. The number of likely N-dealkylation sites (tertiary alicyclic amines) is 2. The van der Waals surface area contributed by atoms with E-state index in [9.17, 15) is 9.59 Å².